The second-order valence-electron chi connectivity index (χ2n) is 6.03. The molecule has 25 heavy (non-hydrogen) atoms. The number of anilines is 1. The number of carbonyl (C=O) groups excluding carboxylic acids is 1. The number of aromatic nitrogens is 1. The van der Waals surface area contributed by atoms with Crippen molar-refractivity contribution in [2.45, 2.75) is 25.5 Å². The van der Waals surface area contributed by atoms with Crippen LogP contribution < -0.4 is 10.1 Å². The molecule has 0 radical (unpaired) electrons. The van der Waals surface area contributed by atoms with Gasteiger partial charge in [0.25, 0.3) is 0 Å². The lowest BCUT2D eigenvalue weighted by molar-refractivity contribution is 0.0819. The zero-order chi connectivity index (χ0) is 17.5. The molecule has 1 atom stereocenters. The molecular weight excluding hydrogens is 318 g/mol. The van der Waals surface area contributed by atoms with Crippen LogP contribution in [-0.4, -0.2) is 42.3 Å². The summed E-state index contributed by atoms with van der Waals surface area (Å²) in [7, 11) is 1.61. The Morgan fingerprint density at radius 1 is 1.36 bits per heavy atom. The zero-order valence-electron chi connectivity index (χ0n) is 14.4. The summed E-state index contributed by atoms with van der Waals surface area (Å²) in [5.74, 6) is 0.706. The predicted molar refractivity (Wildman–Crippen MR) is 95.6 cm³/mol. The van der Waals surface area contributed by atoms with Gasteiger partial charge in [-0.05, 0) is 42.7 Å². The highest BCUT2D eigenvalue weighted by Crippen LogP contribution is 2.19. The third kappa shape index (κ3) is 4.93. The maximum atomic E-state index is 12.8. The highest BCUT2D eigenvalue weighted by atomic mass is 16.5. The molecule has 1 aromatic carbocycles. The topological polar surface area (TPSA) is 63.7 Å². The highest BCUT2D eigenvalue weighted by molar-refractivity contribution is 5.89. The second kappa shape index (κ2) is 8.48. The van der Waals surface area contributed by atoms with Gasteiger partial charge in [-0.3, -0.25) is 4.98 Å². The van der Waals surface area contributed by atoms with Crippen LogP contribution in [0.4, 0.5) is 10.5 Å². The Morgan fingerprint density at radius 2 is 2.20 bits per heavy atom. The normalized spacial score (nSPS) is 16.4. The van der Waals surface area contributed by atoms with E-state index in [0.717, 1.165) is 25.0 Å². The average Bonchev–Trinajstić information content (AvgIpc) is 3.15. The van der Waals surface area contributed by atoms with Crippen LogP contribution >= 0.6 is 0 Å². The Morgan fingerprint density at radius 3 is 2.92 bits per heavy atom. The molecule has 1 saturated heterocycles. The fourth-order valence-corrected chi connectivity index (χ4v) is 2.87. The van der Waals surface area contributed by atoms with Gasteiger partial charge >= 0.3 is 6.03 Å². The van der Waals surface area contributed by atoms with Crippen molar-refractivity contribution in [2.75, 3.05) is 25.6 Å². The third-order valence-corrected chi connectivity index (χ3v) is 4.18. The van der Waals surface area contributed by atoms with Gasteiger partial charge in [0.2, 0.25) is 0 Å². The van der Waals surface area contributed by atoms with Gasteiger partial charge in [0.1, 0.15) is 5.75 Å². The van der Waals surface area contributed by atoms with Crippen molar-refractivity contribution in [3.8, 4) is 5.75 Å². The van der Waals surface area contributed by atoms with Crippen LogP contribution in [0, 0.1) is 0 Å². The van der Waals surface area contributed by atoms with E-state index in [1.54, 1.807) is 30.5 Å². The molecule has 0 spiro atoms. The van der Waals surface area contributed by atoms with Crippen LogP contribution in [0.25, 0.3) is 0 Å². The Bertz CT molecular complexity index is 687. The number of pyridine rings is 1. The first-order valence-corrected chi connectivity index (χ1v) is 8.45. The summed E-state index contributed by atoms with van der Waals surface area (Å²) in [5.41, 5.74) is 1.74. The van der Waals surface area contributed by atoms with Gasteiger partial charge in [0, 0.05) is 43.8 Å². The van der Waals surface area contributed by atoms with E-state index in [2.05, 4.69) is 10.3 Å². The van der Waals surface area contributed by atoms with Crippen LogP contribution in [0.1, 0.15) is 18.4 Å². The lowest BCUT2D eigenvalue weighted by Gasteiger charge is -2.26. The lowest BCUT2D eigenvalue weighted by atomic mass is 10.2. The van der Waals surface area contributed by atoms with E-state index in [1.165, 1.54) is 0 Å². The van der Waals surface area contributed by atoms with Crippen molar-refractivity contribution >= 4 is 11.7 Å². The first-order valence-electron chi connectivity index (χ1n) is 8.45. The summed E-state index contributed by atoms with van der Waals surface area (Å²) in [6.07, 6.45) is 5.60. The molecule has 132 valence electrons. The molecule has 1 aromatic heterocycles. The first kappa shape index (κ1) is 17.2. The van der Waals surface area contributed by atoms with Crippen molar-refractivity contribution in [1.82, 2.24) is 9.88 Å². The van der Waals surface area contributed by atoms with Crippen molar-refractivity contribution in [3.05, 3.63) is 54.4 Å². The molecule has 0 bridgehead atoms. The summed E-state index contributed by atoms with van der Waals surface area (Å²) in [6, 6.07) is 11.0. The minimum atomic E-state index is -0.152. The number of hydrogen-bond donors (Lipinski definition) is 1. The van der Waals surface area contributed by atoms with Gasteiger partial charge in [-0.25, -0.2) is 4.79 Å². The Kier molecular flexibility index (Phi) is 5.85. The summed E-state index contributed by atoms with van der Waals surface area (Å²) in [4.78, 5) is 18.6. The summed E-state index contributed by atoms with van der Waals surface area (Å²) >= 11 is 0. The van der Waals surface area contributed by atoms with Crippen LogP contribution in [0.3, 0.4) is 0 Å². The number of urea groups is 1. The summed E-state index contributed by atoms with van der Waals surface area (Å²) < 4.78 is 10.9. The number of carbonyl (C=O) groups is 1. The summed E-state index contributed by atoms with van der Waals surface area (Å²) in [5, 5.41) is 2.95. The van der Waals surface area contributed by atoms with E-state index in [-0.39, 0.29) is 12.1 Å². The Balaban J connectivity index is 1.70. The highest BCUT2D eigenvalue weighted by Gasteiger charge is 2.23. The maximum Gasteiger partial charge on any atom is 0.322 e. The molecule has 1 N–H and O–H groups in total. The molecule has 2 heterocycles. The molecule has 1 aliphatic heterocycles. The van der Waals surface area contributed by atoms with Crippen LogP contribution in [0.15, 0.2) is 48.8 Å². The Labute approximate surface area is 147 Å². The largest absolute Gasteiger partial charge is 0.497 e. The number of rotatable bonds is 6. The number of nitrogens with one attached hydrogen (secondary N) is 1. The standard InChI is InChI=1S/C19H23N3O3/c1-24-17-5-2-4-16(12-17)21-19(23)22(14-18-6-3-11-25-18)13-15-7-9-20-10-8-15/h2,4-5,7-10,12,18H,3,6,11,13-14H2,1H3,(H,21,23)/t18-/m0/s1. The number of nitrogens with zero attached hydrogens (tertiary/aromatic N) is 2. The number of amides is 2. The average molecular weight is 341 g/mol. The van der Waals surface area contributed by atoms with Gasteiger partial charge in [0.05, 0.1) is 13.2 Å². The van der Waals surface area contributed by atoms with Gasteiger partial charge in [-0.1, -0.05) is 6.07 Å². The predicted octanol–water partition coefficient (Wildman–Crippen LogP) is 3.30. The van der Waals surface area contributed by atoms with E-state index >= 15 is 0 Å². The van der Waals surface area contributed by atoms with Crippen molar-refractivity contribution < 1.29 is 14.3 Å². The number of methoxy groups -OCH3 is 1. The van der Waals surface area contributed by atoms with Crippen LogP contribution in [0.2, 0.25) is 0 Å². The third-order valence-electron chi connectivity index (χ3n) is 4.18. The number of ether oxygens (including phenoxy) is 2. The van der Waals surface area contributed by atoms with Crippen LogP contribution in [-0.2, 0) is 11.3 Å². The van der Waals surface area contributed by atoms with Crippen molar-refractivity contribution in [1.29, 1.82) is 0 Å². The van der Waals surface area contributed by atoms with Gasteiger partial charge in [0.15, 0.2) is 0 Å². The molecule has 3 rings (SSSR count). The fourth-order valence-electron chi connectivity index (χ4n) is 2.87. The molecule has 0 saturated carbocycles. The summed E-state index contributed by atoms with van der Waals surface area (Å²) in [6.45, 7) is 1.85. The molecule has 6 nitrogen and oxygen atoms in total. The van der Waals surface area contributed by atoms with Crippen molar-refractivity contribution in [2.24, 2.45) is 0 Å². The van der Waals surface area contributed by atoms with E-state index < -0.39 is 0 Å². The molecule has 6 heteroatoms. The molecular formula is C19H23N3O3. The van der Waals surface area contributed by atoms with Crippen LogP contribution in [0.5, 0.6) is 5.75 Å². The minimum absolute atomic E-state index is 0.0953. The first-order chi connectivity index (χ1) is 12.2. The molecule has 2 aromatic rings. The minimum Gasteiger partial charge on any atom is -0.497 e. The number of benzene rings is 1. The molecule has 1 fully saturated rings. The van der Waals surface area contributed by atoms with E-state index in [9.17, 15) is 4.79 Å². The van der Waals surface area contributed by atoms with E-state index in [0.29, 0.717) is 24.5 Å². The number of hydrogen-bond acceptors (Lipinski definition) is 4. The van der Waals surface area contributed by atoms with E-state index in [1.807, 2.05) is 30.3 Å². The fraction of sp³-hybridized carbons (Fsp3) is 0.368. The smallest absolute Gasteiger partial charge is 0.322 e. The van der Waals surface area contributed by atoms with Gasteiger partial charge in [-0.15, -0.1) is 0 Å². The molecule has 2 amide bonds. The SMILES string of the molecule is COc1cccc(NC(=O)N(Cc2ccncc2)C[C@@H]2CCCO2)c1. The maximum absolute atomic E-state index is 12.8. The second-order valence-corrected chi connectivity index (χ2v) is 6.03. The molecule has 1 aliphatic rings. The van der Waals surface area contributed by atoms with Gasteiger partial charge < -0.3 is 19.7 Å². The molecule has 0 unspecified atom stereocenters. The Hall–Kier alpha value is -2.60. The van der Waals surface area contributed by atoms with Crippen molar-refractivity contribution in [3.63, 3.8) is 0 Å². The van der Waals surface area contributed by atoms with Gasteiger partial charge in [-0.2, -0.15) is 0 Å². The molecule has 0 aliphatic carbocycles. The lowest BCUT2D eigenvalue weighted by Crippen LogP contribution is -2.39. The van der Waals surface area contributed by atoms with E-state index in [4.69, 9.17) is 9.47 Å². The zero-order valence-corrected chi connectivity index (χ0v) is 14.4. The monoisotopic (exact) mass is 341 g/mol. The quantitative estimate of drug-likeness (QED) is 0.875.